The lowest BCUT2D eigenvalue weighted by molar-refractivity contribution is 0.0523. The molecule has 0 radical (unpaired) electrons. The monoisotopic (exact) mass is 573 g/mol. The molecule has 0 aliphatic heterocycles. The van der Waals surface area contributed by atoms with Gasteiger partial charge in [-0.05, 0) is 95.8 Å². The van der Waals surface area contributed by atoms with Crippen molar-refractivity contribution in [3.63, 3.8) is 0 Å². The Bertz CT molecular complexity index is 1380. The van der Waals surface area contributed by atoms with Crippen molar-refractivity contribution in [1.29, 1.82) is 0 Å². The summed E-state index contributed by atoms with van der Waals surface area (Å²) in [5.41, 5.74) is 6.26. The number of aromatic nitrogens is 1. The quantitative estimate of drug-likeness (QED) is 0.264. The summed E-state index contributed by atoms with van der Waals surface area (Å²) in [6, 6.07) is 12.9. The second kappa shape index (κ2) is 16.3. The summed E-state index contributed by atoms with van der Waals surface area (Å²) in [4.78, 5) is 28.5. The number of carbonyl (C=O) groups excluding carboxylic acids is 2. The van der Waals surface area contributed by atoms with Crippen LogP contribution < -0.4 is 10.6 Å². The average molecular weight is 574 g/mol. The van der Waals surface area contributed by atoms with Crippen molar-refractivity contribution >= 4 is 34.6 Å². The Morgan fingerprint density at radius 2 is 1.73 bits per heavy atom. The second-order valence-corrected chi connectivity index (χ2v) is 11.6. The Hall–Kier alpha value is -3.97. The molecule has 1 heterocycles. The number of thiazole rings is 1. The number of hydrogen-bond donors (Lipinski definition) is 2. The highest BCUT2D eigenvalue weighted by molar-refractivity contribution is 7.09. The third-order valence-electron chi connectivity index (χ3n) is 5.73. The number of ether oxygens (including phenoxy) is 1. The first-order valence-corrected chi connectivity index (χ1v) is 14.7. The van der Waals surface area contributed by atoms with Crippen LogP contribution in [0.2, 0.25) is 0 Å². The number of rotatable bonds is 8. The summed E-state index contributed by atoms with van der Waals surface area (Å²) in [5.74, 6) is -0.167. The first-order chi connectivity index (χ1) is 19.4. The van der Waals surface area contributed by atoms with Crippen LogP contribution in [-0.4, -0.2) is 22.6 Å². The number of alkyl carbamates (subject to hydrolysis) is 1. The van der Waals surface area contributed by atoms with E-state index < -0.39 is 11.7 Å². The maximum atomic E-state index is 12.3. The zero-order chi connectivity index (χ0) is 30.4. The van der Waals surface area contributed by atoms with E-state index >= 15 is 0 Å². The molecule has 2 aromatic carbocycles. The van der Waals surface area contributed by atoms with E-state index in [4.69, 9.17) is 4.74 Å². The fourth-order valence-electron chi connectivity index (χ4n) is 3.45. The number of amides is 2. The zero-order valence-electron chi connectivity index (χ0n) is 25.5. The fourth-order valence-corrected chi connectivity index (χ4v) is 4.07. The first-order valence-electron chi connectivity index (χ1n) is 13.8. The second-order valence-electron chi connectivity index (χ2n) is 10.5. The summed E-state index contributed by atoms with van der Waals surface area (Å²) in [6.07, 6.45) is 11.0. The molecule has 0 atom stereocenters. The number of benzene rings is 2. The lowest BCUT2D eigenvalue weighted by Crippen LogP contribution is -2.32. The Balaban J connectivity index is 0.000000333. The van der Waals surface area contributed by atoms with Gasteiger partial charge in [0.15, 0.2) is 0 Å². The van der Waals surface area contributed by atoms with Crippen LogP contribution in [0.3, 0.4) is 0 Å². The summed E-state index contributed by atoms with van der Waals surface area (Å²) >= 11 is 1.69. The van der Waals surface area contributed by atoms with Gasteiger partial charge in [-0.2, -0.15) is 0 Å². The van der Waals surface area contributed by atoms with Gasteiger partial charge < -0.3 is 15.4 Å². The maximum absolute atomic E-state index is 12.3. The van der Waals surface area contributed by atoms with Gasteiger partial charge in [0.25, 0.3) is 5.91 Å². The molecule has 2 N–H and O–H groups in total. The Kier molecular flexibility index (Phi) is 13.2. The number of anilines is 1. The summed E-state index contributed by atoms with van der Waals surface area (Å²) in [7, 11) is 0. The van der Waals surface area contributed by atoms with Gasteiger partial charge in [0.1, 0.15) is 5.60 Å². The van der Waals surface area contributed by atoms with E-state index in [1.807, 2.05) is 91.0 Å². The van der Waals surface area contributed by atoms with Crippen molar-refractivity contribution in [3.8, 4) is 0 Å². The maximum Gasteiger partial charge on any atom is 0.407 e. The van der Waals surface area contributed by atoms with Gasteiger partial charge >= 0.3 is 6.09 Å². The highest BCUT2D eigenvalue weighted by Gasteiger charge is 2.15. The SMILES string of the molecule is C\C=C/C=C(\C=C\CC)c1csc(C)n1.Cc1ccc(NC(=O)c2ccc(CNC(=O)OC(C)(C)C)cc2)cc1C. The highest BCUT2D eigenvalue weighted by atomic mass is 32.1. The van der Waals surface area contributed by atoms with Crippen molar-refractivity contribution < 1.29 is 14.3 Å². The van der Waals surface area contributed by atoms with Crippen LogP contribution in [0.5, 0.6) is 0 Å². The van der Waals surface area contributed by atoms with E-state index in [1.54, 1.807) is 23.5 Å². The average Bonchev–Trinajstić information content (AvgIpc) is 3.35. The molecule has 0 spiro atoms. The van der Waals surface area contributed by atoms with Gasteiger partial charge in [0.2, 0.25) is 0 Å². The molecule has 7 heteroatoms. The fraction of sp³-hybridized carbons (Fsp3) is 0.324. The van der Waals surface area contributed by atoms with Crippen LogP contribution >= 0.6 is 11.3 Å². The standard InChI is InChI=1S/C21H26N2O3.C13H17NS/c1-14-6-11-18(12-15(14)2)23-19(24)17-9-7-16(8-10-17)13-22-20(25)26-21(3,4)5;1-4-6-8-12(9-7-5-2)13-10-15-11(3)14-13/h6-12H,13H2,1-5H3,(H,22,25)(H,23,24);4,6-10H,5H2,1-3H3/b;6-4-,9-7+,12-8+. The van der Waals surface area contributed by atoms with E-state index in [0.29, 0.717) is 12.1 Å². The molecule has 2 amide bonds. The normalized spacial score (nSPS) is 11.8. The van der Waals surface area contributed by atoms with Gasteiger partial charge in [-0.15, -0.1) is 11.3 Å². The zero-order valence-corrected chi connectivity index (χ0v) is 26.3. The Morgan fingerprint density at radius 3 is 2.29 bits per heavy atom. The summed E-state index contributed by atoms with van der Waals surface area (Å²) < 4.78 is 5.19. The smallest absolute Gasteiger partial charge is 0.407 e. The van der Waals surface area contributed by atoms with Gasteiger partial charge in [-0.25, -0.2) is 9.78 Å². The van der Waals surface area contributed by atoms with Crippen molar-refractivity contribution in [2.75, 3.05) is 5.32 Å². The molecule has 0 saturated heterocycles. The van der Waals surface area contributed by atoms with Crippen molar-refractivity contribution in [2.24, 2.45) is 0 Å². The van der Waals surface area contributed by atoms with Crippen LogP contribution in [0.1, 0.15) is 78.8 Å². The summed E-state index contributed by atoms with van der Waals surface area (Å²) in [6.45, 7) is 16.0. The predicted molar refractivity (Wildman–Crippen MR) is 172 cm³/mol. The van der Waals surface area contributed by atoms with E-state index in [1.165, 1.54) is 11.1 Å². The largest absolute Gasteiger partial charge is 0.444 e. The van der Waals surface area contributed by atoms with Gasteiger partial charge in [-0.1, -0.05) is 55.5 Å². The predicted octanol–water partition coefficient (Wildman–Crippen LogP) is 8.96. The van der Waals surface area contributed by atoms with Gasteiger partial charge in [0, 0.05) is 28.7 Å². The van der Waals surface area contributed by atoms with Crippen LogP contribution in [0, 0.1) is 20.8 Å². The third kappa shape index (κ3) is 12.4. The van der Waals surface area contributed by atoms with Crippen LogP contribution in [0.15, 0.2) is 78.2 Å². The third-order valence-corrected chi connectivity index (χ3v) is 6.51. The number of aryl methyl sites for hydroxylation is 3. The molecule has 218 valence electrons. The van der Waals surface area contributed by atoms with Crippen molar-refractivity contribution in [1.82, 2.24) is 10.3 Å². The van der Waals surface area contributed by atoms with E-state index in [2.05, 4.69) is 46.1 Å². The molecule has 0 saturated carbocycles. The highest BCUT2D eigenvalue weighted by Crippen LogP contribution is 2.19. The molecule has 0 bridgehead atoms. The van der Waals surface area contributed by atoms with Crippen molar-refractivity contribution in [2.45, 2.75) is 74.0 Å². The number of allylic oxidation sites excluding steroid dienone is 6. The van der Waals surface area contributed by atoms with Gasteiger partial charge in [0.05, 0.1) is 10.7 Å². The molecule has 0 unspecified atom stereocenters. The van der Waals surface area contributed by atoms with Gasteiger partial charge in [-0.3, -0.25) is 4.79 Å². The molecule has 3 rings (SSSR count). The van der Waals surface area contributed by atoms with Crippen LogP contribution in [0.25, 0.3) is 5.57 Å². The molecule has 0 aliphatic carbocycles. The molecule has 3 aromatic rings. The van der Waals surface area contributed by atoms with Crippen LogP contribution in [0.4, 0.5) is 10.5 Å². The van der Waals surface area contributed by atoms with E-state index in [0.717, 1.165) is 33.9 Å². The molecule has 1 aromatic heterocycles. The molecule has 41 heavy (non-hydrogen) atoms. The number of nitrogens with one attached hydrogen (secondary N) is 2. The van der Waals surface area contributed by atoms with E-state index in [-0.39, 0.29) is 5.91 Å². The Morgan fingerprint density at radius 1 is 1.02 bits per heavy atom. The van der Waals surface area contributed by atoms with Crippen molar-refractivity contribution in [3.05, 3.63) is 111 Å². The topological polar surface area (TPSA) is 80.3 Å². The Labute approximate surface area is 249 Å². The molecular formula is C34H43N3O3S. The minimum Gasteiger partial charge on any atom is -0.444 e. The molecule has 6 nitrogen and oxygen atoms in total. The lowest BCUT2D eigenvalue weighted by atomic mass is 10.1. The number of carbonyl (C=O) groups is 2. The molecular weight excluding hydrogens is 530 g/mol. The van der Waals surface area contributed by atoms with E-state index in [9.17, 15) is 9.59 Å². The first kappa shape index (κ1) is 33.2. The number of nitrogens with zero attached hydrogens (tertiary/aromatic N) is 1. The molecule has 0 aliphatic rings. The van der Waals surface area contributed by atoms with Crippen LogP contribution in [-0.2, 0) is 11.3 Å². The summed E-state index contributed by atoms with van der Waals surface area (Å²) in [5, 5.41) is 8.80. The number of hydrogen-bond acceptors (Lipinski definition) is 5. The minimum atomic E-state index is -0.527. The lowest BCUT2D eigenvalue weighted by Gasteiger charge is -2.19. The minimum absolute atomic E-state index is 0.167. The molecule has 0 fully saturated rings.